The zero-order valence-corrected chi connectivity index (χ0v) is 12.7. The number of nitrogens with zero attached hydrogens (tertiary/aromatic N) is 2. The van der Waals surface area contributed by atoms with Gasteiger partial charge in [0, 0.05) is 17.8 Å². The van der Waals surface area contributed by atoms with Gasteiger partial charge in [0.25, 0.3) is 10.0 Å². The number of nitrogen functional groups attached to an aromatic ring is 1. The summed E-state index contributed by atoms with van der Waals surface area (Å²) in [6.45, 7) is 4.12. The Kier molecular flexibility index (Phi) is 3.92. The fraction of sp³-hybridized carbons (Fsp3) is 0.250. The van der Waals surface area contributed by atoms with E-state index in [-0.39, 0.29) is 10.7 Å². The van der Waals surface area contributed by atoms with Crippen molar-refractivity contribution in [2.45, 2.75) is 25.3 Å². The summed E-state index contributed by atoms with van der Waals surface area (Å²) in [6.07, 6.45) is 1.40. The summed E-state index contributed by atoms with van der Waals surface area (Å²) < 4.78 is 28.6. The summed E-state index contributed by atoms with van der Waals surface area (Å²) in [6, 6.07) is 5.00. The van der Waals surface area contributed by atoms with Gasteiger partial charge in [-0.3, -0.25) is 9.40 Å². The van der Waals surface area contributed by atoms with Crippen LogP contribution in [0.3, 0.4) is 0 Å². The van der Waals surface area contributed by atoms with Crippen LogP contribution in [0, 0.1) is 6.92 Å². The molecule has 2 aromatic rings. The summed E-state index contributed by atoms with van der Waals surface area (Å²) >= 11 is 5.97. The quantitative estimate of drug-likeness (QED) is 0.905. The second-order valence-electron chi connectivity index (χ2n) is 4.25. The highest BCUT2D eigenvalue weighted by Gasteiger charge is 2.22. The highest BCUT2D eigenvalue weighted by Crippen LogP contribution is 2.26. The van der Waals surface area contributed by atoms with E-state index in [1.54, 1.807) is 25.1 Å². The molecule has 0 radical (unpaired) electrons. The molecule has 0 aliphatic heterocycles. The summed E-state index contributed by atoms with van der Waals surface area (Å²) in [7, 11) is -3.79. The van der Waals surface area contributed by atoms with Gasteiger partial charge < -0.3 is 5.73 Å². The minimum Gasteiger partial charge on any atom is -0.381 e. The molecule has 0 fully saturated rings. The fourth-order valence-corrected chi connectivity index (χ4v) is 3.08. The first-order chi connectivity index (χ1) is 9.35. The first kappa shape index (κ1) is 14.7. The number of anilines is 2. The van der Waals surface area contributed by atoms with E-state index in [9.17, 15) is 8.42 Å². The van der Waals surface area contributed by atoms with Gasteiger partial charge in [-0.2, -0.15) is 5.10 Å². The first-order valence-corrected chi connectivity index (χ1v) is 7.82. The molecule has 0 aliphatic rings. The lowest BCUT2D eigenvalue weighted by atomic mass is 10.2. The number of sulfonamides is 1. The third kappa shape index (κ3) is 2.73. The maximum Gasteiger partial charge on any atom is 0.267 e. The lowest BCUT2D eigenvalue weighted by Crippen LogP contribution is -2.14. The van der Waals surface area contributed by atoms with Crippen LogP contribution in [0.15, 0.2) is 29.3 Å². The number of hydrogen-bond acceptors (Lipinski definition) is 4. The number of aryl methyl sites for hydroxylation is 1. The lowest BCUT2D eigenvalue weighted by molar-refractivity contribution is 0.600. The SMILES string of the molecule is CCn1cc(S(=O)(=O)Nc2cccc(Cl)c2C)c(N)n1. The third-order valence-corrected chi connectivity index (χ3v) is 4.67. The van der Waals surface area contributed by atoms with Gasteiger partial charge in [-0.15, -0.1) is 0 Å². The van der Waals surface area contributed by atoms with Crippen molar-refractivity contribution in [1.29, 1.82) is 0 Å². The second-order valence-corrected chi connectivity index (χ2v) is 6.31. The molecule has 1 heterocycles. The molecule has 0 saturated carbocycles. The van der Waals surface area contributed by atoms with Crippen LogP contribution in [-0.2, 0) is 16.6 Å². The fourth-order valence-electron chi connectivity index (χ4n) is 1.70. The van der Waals surface area contributed by atoms with E-state index in [4.69, 9.17) is 17.3 Å². The molecule has 0 saturated heterocycles. The van der Waals surface area contributed by atoms with Crippen molar-refractivity contribution in [2.75, 3.05) is 10.5 Å². The summed E-state index contributed by atoms with van der Waals surface area (Å²) in [5.41, 5.74) is 6.72. The Morgan fingerprint density at radius 1 is 1.45 bits per heavy atom. The molecule has 0 amide bonds. The largest absolute Gasteiger partial charge is 0.381 e. The average molecular weight is 315 g/mol. The molecule has 0 unspecified atom stereocenters. The molecule has 1 aromatic heterocycles. The van der Waals surface area contributed by atoms with Gasteiger partial charge in [0.15, 0.2) is 5.82 Å². The number of rotatable bonds is 4. The van der Waals surface area contributed by atoms with Crippen LogP contribution < -0.4 is 10.5 Å². The van der Waals surface area contributed by atoms with Gasteiger partial charge in [0.1, 0.15) is 4.90 Å². The van der Waals surface area contributed by atoms with Gasteiger partial charge in [0.2, 0.25) is 0 Å². The Labute approximate surface area is 122 Å². The Bertz CT molecular complexity index is 740. The normalized spacial score (nSPS) is 11.6. The van der Waals surface area contributed by atoms with Crippen molar-refractivity contribution < 1.29 is 8.42 Å². The molecule has 0 atom stereocenters. The second kappa shape index (κ2) is 5.34. The monoisotopic (exact) mass is 314 g/mol. The molecule has 108 valence electrons. The molecule has 20 heavy (non-hydrogen) atoms. The summed E-state index contributed by atoms with van der Waals surface area (Å²) in [5.74, 6) is -0.0287. The van der Waals surface area contributed by atoms with E-state index < -0.39 is 10.0 Å². The molecule has 6 nitrogen and oxygen atoms in total. The number of nitrogens with two attached hydrogens (primary N) is 1. The number of halogens is 1. The van der Waals surface area contributed by atoms with E-state index in [1.807, 2.05) is 6.92 Å². The average Bonchev–Trinajstić information content (AvgIpc) is 2.77. The number of aromatic nitrogens is 2. The number of hydrogen-bond donors (Lipinski definition) is 2. The van der Waals surface area contributed by atoms with Gasteiger partial charge in [-0.05, 0) is 31.5 Å². The van der Waals surface area contributed by atoms with Gasteiger partial charge >= 0.3 is 0 Å². The number of nitrogens with one attached hydrogen (secondary N) is 1. The molecule has 2 rings (SSSR count). The van der Waals surface area contributed by atoms with E-state index in [0.29, 0.717) is 22.8 Å². The minimum absolute atomic E-state index is 0.0287. The maximum absolute atomic E-state index is 12.3. The van der Waals surface area contributed by atoms with Gasteiger partial charge in [-0.1, -0.05) is 17.7 Å². The van der Waals surface area contributed by atoms with E-state index >= 15 is 0 Å². The smallest absolute Gasteiger partial charge is 0.267 e. The molecule has 1 aromatic carbocycles. The first-order valence-electron chi connectivity index (χ1n) is 5.96. The molecule has 0 spiro atoms. The van der Waals surface area contributed by atoms with Crippen molar-refractivity contribution >= 4 is 33.1 Å². The van der Waals surface area contributed by atoms with Crippen LogP contribution >= 0.6 is 11.6 Å². The molecule has 3 N–H and O–H groups in total. The van der Waals surface area contributed by atoms with E-state index in [1.165, 1.54) is 10.9 Å². The lowest BCUT2D eigenvalue weighted by Gasteiger charge is -2.10. The summed E-state index contributed by atoms with van der Waals surface area (Å²) in [4.78, 5) is -0.0428. The van der Waals surface area contributed by atoms with Crippen LogP contribution in [0.4, 0.5) is 11.5 Å². The minimum atomic E-state index is -3.79. The van der Waals surface area contributed by atoms with E-state index in [0.717, 1.165) is 0 Å². The Hall–Kier alpha value is -1.73. The van der Waals surface area contributed by atoms with Crippen molar-refractivity contribution in [3.8, 4) is 0 Å². The zero-order chi connectivity index (χ0) is 14.9. The van der Waals surface area contributed by atoms with Crippen LogP contribution in [0.25, 0.3) is 0 Å². The summed E-state index contributed by atoms with van der Waals surface area (Å²) in [5, 5.41) is 4.41. The topological polar surface area (TPSA) is 90.0 Å². The highest BCUT2D eigenvalue weighted by molar-refractivity contribution is 7.92. The Balaban J connectivity index is 2.40. The highest BCUT2D eigenvalue weighted by atomic mass is 35.5. The molecular weight excluding hydrogens is 300 g/mol. The predicted octanol–water partition coefficient (Wildman–Crippen LogP) is 2.25. The van der Waals surface area contributed by atoms with Crippen molar-refractivity contribution in [3.05, 3.63) is 35.0 Å². The van der Waals surface area contributed by atoms with Crippen LogP contribution in [0.1, 0.15) is 12.5 Å². The van der Waals surface area contributed by atoms with Crippen molar-refractivity contribution in [3.63, 3.8) is 0 Å². The maximum atomic E-state index is 12.3. The van der Waals surface area contributed by atoms with Gasteiger partial charge in [0.05, 0.1) is 5.69 Å². The van der Waals surface area contributed by atoms with Crippen LogP contribution in [-0.4, -0.2) is 18.2 Å². The Morgan fingerprint density at radius 2 is 2.15 bits per heavy atom. The third-order valence-electron chi connectivity index (χ3n) is 2.88. The number of benzene rings is 1. The molecule has 8 heteroatoms. The van der Waals surface area contributed by atoms with Crippen molar-refractivity contribution in [1.82, 2.24) is 9.78 Å². The van der Waals surface area contributed by atoms with E-state index in [2.05, 4.69) is 9.82 Å². The van der Waals surface area contributed by atoms with Crippen LogP contribution in [0.2, 0.25) is 5.02 Å². The molecule has 0 bridgehead atoms. The molecular formula is C12H15ClN4O2S. The Morgan fingerprint density at radius 3 is 2.75 bits per heavy atom. The zero-order valence-electron chi connectivity index (χ0n) is 11.1. The van der Waals surface area contributed by atoms with Crippen LogP contribution in [0.5, 0.6) is 0 Å². The standard InChI is InChI=1S/C12H15ClN4O2S/c1-3-17-7-11(12(14)15-17)20(18,19)16-10-6-4-5-9(13)8(10)2/h4-7,16H,3H2,1-2H3,(H2,14,15). The molecule has 0 aliphatic carbocycles. The van der Waals surface area contributed by atoms with Crippen molar-refractivity contribution in [2.24, 2.45) is 0 Å². The van der Waals surface area contributed by atoms with Gasteiger partial charge in [-0.25, -0.2) is 8.42 Å². The predicted molar refractivity (Wildman–Crippen MR) is 79.3 cm³/mol.